The zero-order valence-electron chi connectivity index (χ0n) is 19.4. The van der Waals surface area contributed by atoms with Crippen molar-refractivity contribution < 1.29 is 39.9 Å². The molecule has 0 aliphatic heterocycles. The molecule has 3 aromatic carbocycles. The van der Waals surface area contributed by atoms with Crippen molar-refractivity contribution in [2.24, 2.45) is 0 Å². The molecule has 0 radical (unpaired) electrons. The van der Waals surface area contributed by atoms with Gasteiger partial charge in [-0.3, -0.25) is 0 Å². The quantitative estimate of drug-likeness (QED) is 0.248. The van der Waals surface area contributed by atoms with Crippen LogP contribution in [0.1, 0.15) is 0 Å². The van der Waals surface area contributed by atoms with Gasteiger partial charge in [0.2, 0.25) is 0 Å². The molecule has 0 N–H and O–H groups in total. The van der Waals surface area contributed by atoms with E-state index in [1.165, 1.54) is 0 Å². The summed E-state index contributed by atoms with van der Waals surface area (Å²) in [6.07, 6.45) is 0. The molecule has 0 spiro atoms. The monoisotopic (exact) mass is 643 g/mol. The Bertz CT molecular complexity index is 612. The number of rotatable bonds is 3. The van der Waals surface area contributed by atoms with E-state index in [-0.39, 0.29) is 39.9 Å². The van der Waals surface area contributed by atoms with Gasteiger partial charge in [0, 0.05) is 64.2 Å². The van der Waals surface area contributed by atoms with Gasteiger partial charge in [0.1, 0.15) is 0 Å². The van der Waals surface area contributed by atoms with Gasteiger partial charge in [-0.25, -0.2) is 36.4 Å². The van der Waals surface area contributed by atoms with E-state index in [0.717, 1.165) is 0 Å². The average molecular weight is 644 g/mol. The van der Waals surface area contributed by atoms with Gasteiger partial charge in [-0.15, -0.1) is 0 Å². The minimum Gasteiger partial charge on any atom is -0.214 e. The number of hydrogen-bond donors (Lipinski definition) is 0. The SMILES string of the molecule is C[Si](C)(C)[c-]1cccc1.C[Si](C)(C)[c-]1cccc1.C[Si](C)(C)[c-]1cccc1.[Th]. The van der Waals surface area contributed by atoms with E-state index in [4.69, 9.17) is 0 Å². The van der Waals surface area contributed by atoms with Crippen molar-refractivity contribution in [3.8, 4) is 0 Å². The molecular weight excluding hydrogens is 605 g/mol. The van der Waals surface area contributed by atoms with E-state index in [2.05, 4.69) is 132 Å². The van der Waals surface area contributed by atoms with Crippen molar-refractivity contribution in [3.05, 3.63) is 72.8 Å². The third-order valence-corrected chi connectivity index (χ3v) is 10.8. The standard InChI is InChI=1S/3C8H13Si.Th/c3*1-9(2,3)8-6-4-5-7-8;/h3*4-7H,1-3H3;/q3*-1;. The van der Waals surface area contributed by atoms with Gasteiger partial charge >= 0.3 is 0 Å². The predicted octanol–water partition coefficient (Wildman–Crippen LogP) is 5.85. The van der Waals surface area contributed by atoms with Gasteiger partial charge in [0.05, 0.1) is 0 Å². The van der Waals surface area contributed by atoms with Gasteiger partial charge in [0.25, 0.3) is 0 Å². The van der Waals surface area contributed by atoms with Crippen LogP contribution < -0.4 is 15.6 Å². The Balaban J connectivity index is 0.000000384. The van der Waals surface area contributed by atoms with Crippen molar-refractivity contribution in [3.63, 3.8) is 0 Å². The minimum atomic E-state index is -0.981. The second-order valence-electron chi connectivity index (χ2n) is 10.3. The Morgan fingerprint density at radius 1 is 0.357 bits per heavy atom. The second-order valence-corrected chi connectivity index (χ2v) is 25.5. The molecule has 0 atom stereocenters. The molecule has 0 aliphatic rings. The molecule has 0 aromatic heterocycles. The van der Waals surface area contributed by atoms with Gasteiger partial charge in [-0.1, -0.05) is 58.9 Å². The molecule has 0 bridgehead atoms. The molecule has 3 rings (SSSR count). The van der Waals surface area contributed by atoms with Crippen LogP contribution in [0.4, 0.5) is 0 Å². The molecule has 0 unspecified atom stereocenters. The molecule has 4 heteroatoms. The zero-order valence-corrected chi connectivity index (χ0v) is 26.5. The molecule has 0 heterocycles. The Morgan fingerprint density at radius 3 is 0.571 bits per heavy atom. The van der Waals surface area contributed by atoms with Crippen LogP contribution in [0, 0.1) is 39.9 Å². The molecule has 154 valence electrons. The van der Waals surface area contributed by atoms with Gasteiger partial charge < -0.3 is 0 Å². The van der Waals surface area contributed by atoms with E-state index in [1.54, 1.807) is 15.6 Å². The first-order valence-electron chi connectivity index (χ1n) is 9.98. The van der Waals surface area contributed by atoms with Gasteiger partial charge in [-0.2, -0.15) is 52.0 Å². The van der Waals surface area contributed by atoms with Crippen molar-refractivity contribution in [2.45, 2.75) is 58.9 Å². The average Bonchev–Trinajstić information content (AvgIpc) is 3.28. The van der Waals surface area contributed by atoms with Gasteiger partial charge in [-0.05, 0) is 0 Å². The van der Waals surface area contributed by atoms with Crippen molar-refractivity contribution in [2.75, 3.05) is 0 Å². The van der Waals surface area contributed by atoms with Crippen LogP contribution in [-0.4, -0.2) is 24.2 Å². The fourth-order valence-electron chi connectivity index (χ4n) is 2.62. The first-order chi connectivity index (χ1) is 12.3. The zero-order chi connectivity index (χ0) is 20.7. The molecule has 3 aromatic rings. The molecular formula is C24H39Si3Th-3. The van der Waals surface area contributed by atoms with Gasteiger partial charge in [0.15, 0.2) is 0 Å². The van der Waals surface area contributed by atoms with Crippen LogP contribution in [0.15, 0.2) is 72.8 Å². The second kappa shape index (κ2) is 12.0. The molecule has 0 saturated heterocycles. The van der Waals surface area contributed by atoms with E-state index >= 15 is 0 Å². The Labute approximate surface area is 209 Å². The molecule has 0 nitrogen and oxygen atoms in total. The maximum absolute atomic E-state index is 2.36. The van der Waals surface area contributed by atoms with Crippen LogP contribution >= 0.6 is 0 Å². The minimum absolute atomic E-state index is 0. The van der Waals surface area contributed by atoms with Crippen LogP contribution in [0.2, 0.25) is 58.9 Å². The van der Waals surface area contributed by atoms with Crippen LogP contribution in [0.3, 0.4) is 0 Å². The first kappa shape index (κ1) is 28.0. The number of hydrogen-bond acceptors (Lipinski definition) is 0. The molecule has 0 saturated carbocycles. The summed E-state index contributed by atoms with van der Waals surface area (Å²) >= 11 is 0. The molecule has 0 amide bonds. The maximum atomic E-state index is 2.36. The van der Waals surface area contributed by atoms with Crippen LogP contribution in [-0.2, 0) is 0 Å². The summed E-state index contributed by atoms with van der Waals surface area (Å²) in [4.78, 5) is 0. The van der Waals surface area contributed by atoms with Crippen LogP contribution in [0.5, 0.6) is 0 Å². The maximum Gasteiger partial charge on any atom is 0.0147 e. The largest absolute Gasteiger partial charge is 0.214 e. The summed E-state index contributed by atoms with van der Waals surface area (Å²) in [6.45, 7) is 21.3. The smallest absolute Gasteiger partial charge is 0.0147 e. The van der Waals surface area contributed by atoms with E-state index in [1.807, 2.05) is 0 Å². The third kappa shape index (κ3) is 10.7. The third-order valence-electron chi connectivity index (χ3n) is 4.59. The summed E-state index contributed by atoms with van der Waals surface area (Å²) in [5, 5.41) is 4.67. The Morgan fingerprint density at radius 2 is 0.500 bits per heavy atom. The fourth-order valence-corrected chi connectivity index (χ4v) is 6.20. The summed E-state index contributed by atoms with van der Waals surface area (Å²) in [7, 11) is -2.94. The summed E-state index contributed by atoms with van der Waals surface area (Å²) in [6, 6.07) is 26.1. The summed E-state index contributed by atoms with van der Waals surface area (Å²) in [5.74, 6) is 0. The molecule has 0 aliphatic carbocycles. The van der Waals surface area contributed by atoms with E-state index in [9.17, 15) is 0 Å². The van der Waals surface area contributed by atoms with Crippen molar-refractivity contribution in [1.29, 1.82) is 0 Å². The van der Waals surface area contributed by atoms with E-state index < -0.39 is 24.2 Å². The Hall–Kier alpha value is 0.0253. The van der Waals surface area contributed by atoms with Crippen LogP contribution in [0.25, 0.3) is 0 Å². The Kier molecular flexibility index (Phi) is 12.0. The fraction of sp³-hybridized carbons (Fsp3) is 0.375. The molecule has 28 heavy (non-hydrogen) atoms. The topological polar surface area (TPSA) is 0 Å². The molecule has 0 fully saturated rings. The van der Waals surface area contributed by atoms with E-state index in [0.29, 0.717) is 0 Å². The first-order valence-corrected chi connectivity index (χ1v) is 20.5. The van der Waals surface area contributed by atoms with Crippen molar-refractivity contribution >= 4 is 39.8 Å². The summed E-state index contributed by atoms with van der Waals surface area (Å²) < 4.78 is 0. The van der Waals surface area contributed by atoms with Crippen molar-refractivity contribution in [1.82, 2.24) is 0 Å². The normalized spacial score (nSPS) is 11.5. The predicted molar refractivity (Wildman–Crippen MR) is 135 cm³/mol. The summed E-state index contributed by atoms with van der Waals surface area (Å²) in [5.41, 5.74) is 0.